The summed E-state index contributed by atoms with van der Waals surface area (Å²) in [4.78, 5) is 4.68. The van der Waals surface area contributed by atoms with Crippen LogP contribution in [-0.4, -0.2) is 4.98 Å². The van der Waals surface area contributed by atoms with Crippen molar-refractivity contribution < 1.29 is 4.42 Å². The largest absolute Gasteiger partial charge is 0.456 e. The highest BCUT2D eigenvalue weighted by Gasteiger charge is 2.24. The Kier molecular flexibility index (Phi) is 5.12. The zero-order valence-electron chi connectivity index (χ0n) is 20.1. The number of hydrogen-bond acceptors (Lipinski definition) is 2. The summed E-state index contributed by atoms with van der Waals surface area (Å²) in [6.45, 7) is 11.4. The summed E-state index contributed by atoms with van der Waals surface area (Å²) < 4.78 is 6.19. The summed E-state index contributed by atoms with van der Waals surface area (Å²) in [5, 5.41) is 2.29. The number of benzene rings is 3. The molecule has 0 unspecified atom stereocenters. The molecule has 0 aliphatic carbocycles. The van der Waals surface area contributed by atoms with Crippen LogP contribution in [0.3, 0.4) is 0 Å². The van der Waals surface area contributed by atoms with Crippen molar-refractivity contribution in [2.45, 2.75) is 46.5 Å². The van der Waals surface area contributed by atoms with Crippen LogP contribution in [-0.2, 0) is 11.8 Å². The van der Waals surface area contributed by atoms with Gasteiger partial charge in [0.05, 0.1) is 5.69 Å². The van der Waals surface area contributed by atoms with Crippen LogP contribution in [0.15, 0.2) is 89.5 Å². The van der Waals surface area contributed by atoms with Gasteiger partial charge in [0, 0.05) is 27.9 Å². The molecule has 2 aromatic heterocycles. The molecule has 0 bridgehead atoms. The summed E-state index contributed by atoms with van der Waals surface area (Å²) in [7, 11) is 0. The van der Waals surface area contributed by atoms with Crippen LogP contribution in [0.5, 0.6) is 0 Å². The quantitative estimate of drug-likeness (QED) is 0.284. The Bertz CT molecular complexity index is 1430. The van der Waals surface area contributed by atoms with E-state index in [1.807, 2.05) is 6.20 Å². The fourth-order valence-corrected chi connectivity index (χ4v) is 4.70. The number of pyridine rings is 1. The summed E-state index contributed by atoms with van der Waals surface area (Å²) in [5.74, 6) is 0. The van der Waals surface area contributed by atoms with Gasteiger partial charge in [-0.3, -0.25) is 4.98 Å². The summed E-state index contributed by atoms with van der Waals surface area (Å²) in [6.07, 6.45) is 2.95. The Labute approximate surface area is 196 Å². The third-order valence-corrected chi connectivity index (χ3v) is 6.54. The van der Waals surface area contributed by atoms with Crippen LogP contribution < -0.4 is 0 Å². The van der Waals surface area contributed by atoms with Crippen molar-refractivity contribution in [1.82, 2.24) is 4.98 Å². The van der Waals surface area contributed by atoms with E-state index in [0.717, 1.165) is 39.6 Å². The van der Waals surface area contributed by atoms with E-state index in [1.165, 1.54) is 16.7 Å². The van der Waals surface area contributed by atoms with E-state index in [1.54, 1.807) is 0 Å². The zero-order chi connectivity index (χ0) is 23.2. The van der Waals surface area contributed by atoms with Crippen LogP contribution in [0, 0.1) is 5.41 Å². The second-order valence-corrected chi connectivity index (χ2v) is 10.8. The van der Waals surface area contributed by atoms with Crippen molar-refractivity contribution in [1.29, 1.82) is 0 Å². The Balaban J connectivity index is 1.60. The molecule has 166 valence electrons. The smallest absolute Gasteiger partial charge is 0.135 e. The standard InChI is InChI=1S/C31H31NO/c1-30(2,3)20-21-15-16-32-27(17-21)22-11-13-28-25(18-22)26-19-24(12-14-29(26)33-28)31(4,5)23-9-7-6-8-10-23/h6-19H,20H2,1-5H3. The van der Waals surface area contributed by atoms with Gasteiger partial charge in [-0.05, 0) is 71.0 Å². The number of nitrogens with zero attached hydrogens (tertiary/aromatic N) is 1. The fourth-order valence-electron chi connectivity index (χ4n) is 4.70. The van der Waals surface area contributed by atoms with Crippen molar-refractivity contribution in [2.75, 3.05) is 0 Å². The number of furan rings is 1. The van der Waals surface area contributed by atoms with E-state index in [2.05, 4.69) is 118 Å². The predicted molar refractivity (Wildman–Crippen MR) is 139 cm³/mol. The maximum atomic E-state index is 6.19. The highest BCUT2D eigenvalue weighted by molar-refractivity contribution is 6.06. The maximum Gasteiger partial charge on any atom is 0.135 e. The second kappa shape index (κ2) is 7.88. The van der Waals surface area contributed by atoms with Gasteiger partial charge in [-0.15, -0.1) is 0 Å². The first kappa shape index (κ1) is 21.5. The second-order valence-electron chi connectivity index (χ2n) is 10.8. The minimum atomic E-state index is -0.0977. The average Bonchev–Trinajstić information content (AvgIpc) is 3.16. The van der Waals surface area contributed by atoms with Gasteiger partial charge in [0.1, 0.15) is 11.2 Å². The van der Waals surface area contributed by atoms with Gasteiger partial charge in [-0.25, -0.2) is 0 Å². The van der Waals surface area contributed by atoms with E-state index >= 15 is 0 Å². The number of rotatable bonds is 4. The number of hydrogen-bond donors (Lipinski definition) is 0. The molecule has 0 aliphatic heterocycles. The molecular formula is C31H31NO. The summed E-state index contributed by atoms with van der Waals surface area (Å²) in [6, 6.07) is 28.0. The minimum Gasteiger partial charge on any atom is -0.456 e. The van der Waals surface area contributed by atoms with E-state index in [4.69, 9.17) is 4.42 Å². The lowest BCUT2D eigenvalue weighted by Gasteiger charge is -2.26. The molecule has 0 saturated heterocycles. The normalized spacial score (nSPS) is 12.5. The highest BCUT2D eigenvalue weighted by atomic mass is 16.3. The van der Waals surface area contributed by atoms with E-state index in [9.17, 15) is 0 Å². The third-order valence-electron chi connectivity index (χ3n) is 6.54. The molecule has 0 amide bonds. The molecule has 0 N–H and O–H groups in total. The molecule has 0 saturated carbocycles. The van der Waals surface area contributed by atoms with E-state index in [0.29, 0.717) is 0 Å². The lowest BCUT2D eigenvalue weighted by molar-refractivity contribution is 0.411. The van der Waals surface area contributed by atoms with Crippen molar-refractivity contribution in [3.63, 3.8) is 0 Å². The van der Waals surface area contributed by atoms with E-state index in [-0.39, 0.29) is 10.8 Å². The molecule has 0 spiro atoms. The average molecular weight is 434 g/mol. The van der Waals surface area contributed by atoms with Crippen LogP contribution in [0.4, 0.5) is 0 Å². The maximum absolute atomic E-state index is 6.19. The Morgan fingerprint density at radius 2 is 1.39 bits per heavy atom. The molecule has 0 atom stereocenters. The third kappa shape index (κ3) is 4.18. The topological polar surface area (TPSA) is 26.0 Å². The van der Waals surface area contributed by atoms with E-state index < -0.39 is 0 Å². The van der Waals surface area contributed by atoms with Crippen molar-refractivity contribution >= 4 is 21.9 Å². The number of fused-ring (bicyclic) bond motifs is 3. The lowest BCUT2D eigenvalue weighted by Crippen LogP contribution is -2.18. The molecule has 2 heteroatoms. The van der Waals surface area contributed by atoms with Crippen LogP contribution >= 0.6 is 0 Å². The number of aromatic nitrogens is 1. The van der Waals surface area contributed by atoms with Crippen molar-refractivity contribution in [3.05, 3.63) is 102 Å². The zero-order valence-corrected chi connectivity index (χ0v) is 20.1. The molecule has 5 aromatic rings. The Hall–Kier alpha value is -3.39. The Morgan fingerprint density at radius 1 is 0.697 bits per heavy atom. The molecule has 0 aliphatic rings. The van der Waals surface area contributed by atoms with Gasteiger partial charge in [0.15, 0.2) is 0 Å². The van der Waals surface area contributed by atoms with Crippen LogP contribution in [0.2, 0.25) is 0 Å². The lowest BCUT2D eigenvalue weighted by atomic mass is 9.78. The minimum absolute atomic E-state index is 0.0977. The molecule has 5 rings (SSSR count). The molecule has 0 fully saturated rings. The fraction of sp³-hybridized carbons (Fsp3) is 0.258. The monoisotopic (exact) mass is 433 g/mol. The molecule has 2 nitrogen and oxygen atoms in total. The van der Waals surface area contributed by atoms with Gasteiger partial charge >= 0.3 is 0 Å². The van der Waals surface area contributed by atoms with Crippen LogP contribution in [0.25, 0.3) is 33.2 Å². The highest BCUT2D eigenvalue weighted by Crippen LogP contribution is 2.37. The first-order valence-corrected chi connectivity index (χ1v) is 11.7. The SMILES string of the molecule is CC(C)(C)Cc1ccnc(-c2ccc3oc4ccc(C(C)(C)c5ccccc5)cc4c3c2)c1. The first-order chi connectivity index (χ1) is 15.7. The summed E-state index contributed by atoms with van der Waals surface area (Å²) in [5.41, 5.74) is 8.00. The predicted octanol–water partition coefficient (Wildman–Crippen LogP) is 8.56. The van der Waals surface area contributed by atoms with Crippen molar-refractivity contribution in [3.8, 4) is 11.3 Å². The Morgan fingerprint density at radius 3 is 2.12 bits per heavy atom. The molecular weight excluding hydrogens is 402 g/mol. The summed E-state index contributed by atoms with van der Waals surface area (Å²) >= 11 is 0. The van der Waals surface area contributed by atoms with Gasteiger partial charge in [-0.1, -0.05) is 71.0 Å². The molecule has 0 radical (unpaired) electrons. The molecule has 3 aromatic carbocycles. The molecule has 33 heavy (non-hydrogen) atoms. The van der Waals surface area contributed by atoms with Crippen molar-refractivity contribution in [2.24, 2.45) is 5.41 Å². The first-order valence-electron chi connectivity index (χ1n) is 11.7. The van der Waals surface area contributed by atoms with Gasteiger partial charge < -0.3 is 4.42 Å². The molecule has 2 heterocycles. The van der Waals surface area contributed by atoms with Gasteiger partial charge in [0.25, 0.3) is 0 Å². The van der Waals surface area contributed by atoms with Gasteiger partial charge in [0.2, 0.25) is 0 Å². The van der Waals surface area contributed by atoms with Crippen LogP contribution in [0.1, 0.15) is 51.3 Å². The van der Waals surface area contributed by atoms with Gasteiger partial charge in [-0.2, -0.15) is 0 Å².